The SMILES string of the molecule is CCCCCCCCCCCCCCCCCC(=O)O[C@H](COC(=O)CCCCCCCCCCCCC(C)C)COP(=O)(O)OC[C@@H](O)COP(=O)(O)OC[C@@H](COC(=O)CCCCCCCCCC(C)C)OC(=O)CCCCCCCCCCCCCC. The van der Waals surface area contributed by atoms with Crippen LogP contribution in [0.25, 0.3) is 0 Å². The van der Waals surface area contributed by atoms with E-state index in [4.69, 9.17) is 37.0 Å². The summed E-state index contributed by atoms with van der Waals surface area (Å²) >= 11 is 0. The third-order valence-electron chi connectivity index (χ3n) is 16.5. The van der Waals surface area contributed by atoms with Crippen molar-refractivity contribution in [1.29, 1.82) is 0 Å². The molecule has 0 heterocycles. The maximum absolute atomic E-state index is 13.0. The summed E-state index contributed by atoms with van der Waals surface area (Å²) in [6.45, 7) is 9.50. The molecule has 534 valence electrons. The number of hydrogen-bond donors (Lipinski definition) is 3. The predicted octanol–water partition coefficient (Wildman–Crippen LogP) is 20.4. The molecule has 19 heteroatoms. The smallest absolute Gasteiger partial charge is 0.462 e. The van der Waals surface area contributed by atoms with E-state index in [-0.39, 0.29) is 25.7 Å². The van der Waals surface area contributed by atoms with Crippen LogP contribution in [0.4, 0.5) is 0 Å². The van der Waals surface area contributed by atoms with Gasteiger partial charge in [-0.3, -0.25) is 37.3 Å². The first kappa shape index (κ1) is 88.1. The quantitative estimate of drug-likeness (QED) is 0.0222. The van der Waals surface area contributed by atoms with Crippen molar-refractivity contribution in [2.75, 3.05) is 39.6 Å². The van der Waals surface area contributed by atoms with Crippen molar-refractivity contribution in [2.24, 2.45) is 11.8 Å². The van der Waals surface area contributed by atoms with Crippen LogP contribution in [-0.2, 0) is 65.4 Å². The van der Waals surface area contributed by atoms with Crippen LogP contribution >= 0.6 is 15.6 Å². The number of carbonyl (C=O) groups is 4. The van der Waals surface area contributed by atoms with E-state index in [2.05, 4.69) is 41.5 Å². The number of phosphoric acid groups is 2. The summed E-state index contributed by atoms with van der Waals surface area (Å²) in [6, 6.07) is 0. The molecular formula is C71H138O17P2. The second-order valence-corrected chi connectivity index (χ2v) is 29.5. The lowest BCUT2D eigenvalue weighted by Gasteiger charge is -2.21. The Kier molecular flexibility index (Phi) is 61.8. The van der Waals surface area contributed by atoms with Crippen molar-refractivity contribution in [3.8, 4) is 0 Å². The highest BCUT2D eigenvalue weighted by molar-refractivity contribution is 7.47. The molecular weight excluding hydrogens is 1190 g/mol. The molecule has 0 rings (SSSR count). The molecule has 0 aromatic heterocycles. The second-order valence-electron chi connectivity index (χ2n) is 26.6. The molecule has 0 bridgehead atoms. The zero-order chi connectivity index (χ0) is 66.5. The van der Waals surface area contributed by atoms with Crippen LogP contribution in [-0.4, -0.2) is 96.7 Å². The number of rotatable bonds is 70. The molecule has 0 aliphatic heterocycles. The van der Waals surface area contributed by atoms with E-state index in [0.717, 1.165) is 102 Å². The number of unbranched alkanes of at least 4 members (excludes halogenated alkanes) is 40. The molecule has 0 spiro atoms. The third-order valence-corrected chi connectivity index (χ3v) is 18.4. The average molecular weight is 1330 g/mol. The number of aliphatic hydroxyl groups excluding tert-OH is 1. The molecule has 0 aromatic rings. The largest absolute Gasteiger partial charge is 0.472 e. The van der Waals surface area contributed by atoms with Crippen LogP contribution in [0.3, 0.4) is 0 Å². The Labute approximate surface area is 549 Å². The number of hydrogen-bond acceptors (Lipinski definition) is 15. The zero-order valence-electron chi connectivity index (χ0n) is 58.4. The highest BCUT2D eigenvalue weighted by Crippen LogP contribution is 2.45. The summed E-state index contributed by atoms with van der Waals surface area (Å²) in [5, 5.41) is 10.6. The molecule has 0 aromatic carbocycles. The summed E-state index contributed by atoms with van der Waals surface area (Å²) in [4.78, 5) is 72.6. The molecule has 0 saturated heterocycles. The van der Waals surface area contributed by atoms with Gasteiger partial charge in [-0.2, -0.15) is 0 Å². The predicted molar refractivity (Wildman–Crippen MR) is 363 cm³/mol. The van der Waals surface area contributed by atoms with Crippen molar-refractivity contribution < 1.29 is 80.2 Å². The molecule has 17 nitrogen and oxygen atoms in total. The van der Waals surface area contributed by atoms with Gasteiger partial charge in [0.1, 0.15) is 19.3 Å². The van der Waals surface area contributed by atoms with E-state index in [1.165, 1.54) is 173 Å². The van der Waals surface area contributed by atoms with Crippen LogP contribution in [0.1, 0.15) is 363 Å². The van der Waals surface area contributed by atoms with Gasteiger partial charge in [0.2, 0.25) is 0 Å². The Bertz CT molecular complexity index is 1750. The fourth-order valence-electron chi connectivity index (χ4n) is 10.8. The lowest BCUT2D eigenvalue weighted by atomic mass is 10.0. The third kappa shape index (κ3) is 64.8. The van der Waals surface area contributed by atoms with Gasteiger partial charge in [0, 0.05) is 25.7 Å². The van der Waals surface area contributed by atoms with Crippen LogP contribution in [0.15, 0.2) is 0 Å². The van der Waals surface area contributed by atoms with Crippen LogP contribution in [0, 0.1) is 11.8 Å². The van der Waals surface area contributed by atoms with Crippen molar-refractivity contribution in [1.82, 2.24) is 0 Å². The lowest BCUT2D eigenvalue weighted by Crippen LogP contribution is -2.30. The summed E-state index contributed by atoms with van der Waals surface area (Å²) < 4.78 is 68.3. The van der Waals surface area contributed by atoms with Crippen molar-refractivity contribution in [2.45, 2.75) is 381 Å². The molecule has 90 heavy (non-hydrogen) atoms. The maximum atomic E-state index is 13.0. The topological polar surface area (TPSA) is 237 Å². The number of phosphoric ester groups is 2. The first-order chi connectivity index (χ1) is 43.4. The highest BCUT2D eigenvalue weighted by Gasteiger charge is 2.30. The molecule has 3 N–H and O–H groups in total. The molecule has 5 atom stereocenters. The van der Waals surface area contributed by atoms with E-state index < -0.39 is 97.5 Å². The highest BCUT2D eigenvalue weighted by atomic mass is 31.2. The Morgan fingerprint density at radius 3 is 0.756 bits per heavy atom. The monoisotopic (exact) mass is 1320 g/mol. The zero-order valence-corrected chi connectivity index (χ0v) is 60.2. The van der Waals surface area contributed by atoms with Crippen molar-refractivity contribution >= 4 is 39.5 Å². The summed E-state index contributed by atoms with van der Waals surface area (Å²) in [6.07, 6.45) is 48.5. The molecule has 2 unspecified atom stereocenters. The molecule has 0 aliphatic rings. The number of ether oxygens (including phenoxy) is 4. The average Bonchev–Trinajstić information content (AvgIpc) is 3.72. The fraction of sp³-hybridized carbons (Fsp3) is 0.944. The molecule has 0 aliphatic carbocycles. The van der Waals surface area contributed by atoms with Gasteiger partial charge >= 0.3 is 39.5 Å². The van der Waals surface area contributed by atoms with E-state index in [9.17, 15) is 43.2 Å². The Morgan fingerprint density at radius 2 is 0.511 bits per heavy atom. The van der Waals surface area contributed by atoms with E-state index >= 15 is 0 Å². The minimum atomic E-state index is -4.95. The minimum absolute atomic E-state index is 0.106. The first-order valence-electron chi connectivity index (χ1n) is 37.0. The van der Waals surface area contributed by atoms with Gasteiger partial charge < -0.3 is 33.8 Å². The summed E-state index contributed by atoms with van der Waals surface area (Å²) in [5.41, 5.74) is 0. The standard InChI is InChI=1S/C71H138O17P2/c1-7-9-11-13-15-17-19-21-22-23-25-31-37-44-50-56-71(76)87-66(59-81-68(73)53-47-41-35-29-27-26-28-33-39-45-51-63(3)4)61-85-89(77,78)83-57-65(72)58-84-90(79,80)86-62-67(60-82-69(74)54-48-42-38-32-34-40-46-52-64(5)6)88-70(75)55-49-43-36-30-24-20-18-16-14-12-10-8-2/h63-67,72H,7-62H2,1-6H3,(H,77,78)(H,79,80)/t65-,66-,67-/m1/s1. The Morgan fingerprint density at radius 1 is 0.300 bits per heavy atom. The maximum Gasteiger partial charge on any atom is 0.472 e. The van der Waals surface area contributed by atoms with E-state index in [0.29, 0.717) is 31.6 Å². The van der Waals surface area contributed by atoms with Crippen LogP contribution in [0.2, 0.25) is 0 Å². The van der Waals surface area contributed by atoms with Gasteiger partial charge in [0.15, 0.2) is 12.2 Å². The summed E-state index contributed by atoms with van der Waals surface area (Å²) in [5.74, 6) is -0.657. The van der Waals surface area contributed by atoms with Gasteiger partial charge in [-0.25, -0.2) is 9.13 Å². The van der Waals surface area contributed by atoms with E-state index in [1.54, 1.807) is 0 Å². The minimum Gasteiger partial charge on any atom is -0.462 e. The Balaban J connectivity index is 5.25. The molecule has 0 saturated carbocycles. The van der Waals surface area contributed by atoms with Gasteiger partial charge in [-0.15, -0.1) is 0 Å². The molecule has 0 amide bonds. The first-order valence-corrected chi connectivity index (χ1v) is 40.0. The van der Waals surface area contributed by atoms with Gasteiger partial charge in [0.25, 0.3) is 0 Å². The van der Waals surface area contributed by atoms with Crippen molar-refractivity contribution in [3.05, 3.63) is 0 Å². The Hall–Kier alpha value is -1.94. The fourth-order valence-corrected chi connectivity index (χ4v) is 12.3. The van der Waals surface area contributed by atoms with E-state index in [1.807, 2.05) is 0 Å². The number of esters is 4. The van der Waals surface area contributed by atoms with Gasteiger partial charge in [-0.05, 0) is 37.5 Å². The molecule has 0 radical (unpaired) electrons. The van der Waals surface area contributed by atoms with Crippen LogP contribution < -0.4 is 0 Å². The van der Waals surface area contributed by atoms with Crippen LogP contribution in [0.5, 0.6) is 0 Å². The molecule has 0 fully saturated rings. The summed E-state index contributed by atoms with van der Waals surface area (Å²) in [7, 11) is -9.90. The number of carbonyl (C=O) groups excluding carboxylic acids is 4. The van der Waals surface area contributed by atoms with Crippen molar-refractivity contribution in [3.63, 3.8) is 0 Å². The van der Waals surface area contributed by atoms with Gasteiger partial charge in [0.05, 0.1) is 26.4 Å². The lowest BCUT2D eigenvalue weighted by molar-refractivity contribution is -0.161. The number of aliphatic hydroxyl groups is 1. The second kappa shape index (κ2) is 63.1. The normalized spacial score (nSPS) is 14.1. The van der Waals surface area contributed by atoms with Gasteiger partial charge in [-0.1, -0.05) is 311 Å².